The first-order valence-corrected chi connectivity index (χ1v) is 7.18. The summed E-state index contributed by atoms with van der Waals surface area (Å²) in [5.41, 5.74) is 4.22. The second kappa shape index (κ2) is 6.87. The van der Waals surface area contributed by atoms with Crippen LogP contribution in [0.2, 0.25) is 0 Å². The van der Waals surface area contributed by atoms with E-state index in [1.165, 1.54) is 31.2 Å². The SMILES string of the molecule is COc1ccc(CC(NN)C2CCCC(C)C2)cn1. The number of nitrogens with one attached hydrogen (secondary N) is 1. The van der Waals surface area contributed by atoms with Crippen molar-refractivity contribution < 1.29 is 4.74 Å². The average Bonchev–Trinajstić information content (AvgIpc) is 2.45. The van der Waals surface area contributed by atoms with Gasteiger partial charge in [-0.05, 0) is 36.7 Å². The van der Waals surface area contributed by atoms with Gasteiger partial charge in [-0.15, -0.1) is 0 Å². The van der Waals surface area contributed by atoms with Crippen molar-refractivity contribution in [3.63, 3.8) is 0 Å². The second-order valence-electron chi connectivity index (χ2n) is 5.72. The average molecular weight is 263 g/mol. The van der Waals surface area contributed by atoms with E-state index in [2.05, 4.69) is 23.4 Å². The highest BCUT2D eigenvalue weighted by Crippen LogP contribution is 2.31. The van der Waals surface area contributed by atoms with Gasteiger partial charge >= 0.3 is 0 Å². The standard InChI is InChI=1S/C15H25N3O/c1-11-4-3-5-13(8-11)14(18-16)9-12-6-7-15(19-2)17-10-12/h6-7,10-11,13-14,18H,3-5,8-9,16H2,1-2H3. The molecule has 2 rings (SSSR count). The first-order valence-electron chi connectivity index (χ1n) is 7.18. The Bertz CT molecular complexity index is 379. The number of aromatic nitrogens is 1. The number of methoxy groups -OCH3 is 1. The lowest BCUT2D eigenvalue weighted by molar-refractivity contribution is 0.222. The van der Waals surface area contributed by atoms with E-state index in [0.717, 1.165) is 12.3 Å². The predicted molar refractivity (Wildman–Crippen MR) is 76.7 cm³/mol. The van der Waals surface area contributed by atoms with Gasteiger partial charge in [0.2, 0.25) is 5.88 Å². The van der Waals surface area contributed by atoms with Gasteiger partial charge in [0.25, 0.3) is 0 Å². The van der Waals surface area contributed by atoms with Crippen molar-refractivity contribution in [2.75, 3.05) is 7.11 Å². The molecule has 0 amide bonds. The quantitative estimate of drug-likeness (QED) is 0.632. The van der Waals surface area contributed by atoms with Crippen LogP contribution in [0.3, 0.4) is 0 Å². The van der Waals surface area contributed by atoms with Crippen molar-refractivity contribution in [1.82, 2.24) is 10.4 Å². The summed E-state index contributed by atoms with van der Waals surface area (Å²) in [6.45, 7) is 2.34. The van der Waals surface area contributed by atoms with Gasteiger partial charge in [-0.2, -0.15) is 0 Å². The molecule has 4 nitrogen and oxygen atoms in total. The van der Waals surface area contributed by atoms with E-state index in [4.69, 9.17) is 10.6 Å². The van der Waals surface area contributed by atoms with E-state index in [-0.39, 0.29) is 0 Å². The number of rotatable bonds is 5. The van der Waals surface area contributed by atoms with Gasteiger partial charge in [-0.1, -0.05) is 25.8 Å². The van der Waals surface area contributed by atoms with Gasteiger partial charge in [-0.25, -0.2) is 4.98 Å². The Morgan fingerprint density at radius 1 is 1.47 bits per heavy atom. The van der Waals surface area contributed by atoms with Gasteiger partial charge < -0.3 is 4.74 Å². The zero-order valence-electron chi connectivity index (χ0n) is 11.9. The highest BCUT2D eigenvalue weighted by molar-refractivity contribution is 5.18. The number of pyridine rings is 1. The van der Waals surface area contributed by atoms with Gasteiger partial charge in [0, 0.05) is 18.3 Å². The Balaban J connectivity index is 1.97. The number of nitrogens with two attached hydrogens (primary N) is 1. The van der Waals surface area contributed by atoms with Crippen LogP contribution in [0.1, 0.15) is 38.2 Å². The zero-order valence-corrected chi connectivity index (χ0v) is 11.9. The molecule has 1 heterocycles. The Hall–Kier alpha value is -1.13. The van der Waals surface area contributed by atoms with Crippen LogP contribution in [0.4, 0.5) is 0 Å². The van der Waals surface area contributed by atoms with Crippen LogP contribution >= 0.6 is 0 Å². The summed E-state index contributed by atoms with van der Waals surface area (Å²) in [6.07, 6.45) is 8.06. The summed E-state index contributed by atoms with van der Waals surface area (Å²) < 4.78 is 5.08. The van der Waals surface area contributed by atoms with Crippen molar-refractivity contribution in [3.05, 3.63) is 23.9 Å². The molecule has 1 aliphatic rings. The summed E-state index contributed by atoms with van der Waals surface area (Å²) in [5, 5.41) is 0. The molecule has 106 valence electrons. The molecule has 4 heteroatoms. The van der Waals surface area contributed by atoms with Crippen molar-refractivity contribution in [3.8, 4) is 5.88 Å². The van der Waals surface area contributed by atoms with Crippen molar-refractivity contribution in [2.24, 2.45) is 17.7 Å². The van der Waals surface area contributed by atoms with E-state index < -0.39 is 0 Å². The van der Waals surface area contributed by atoms with Crippen molar-refractivity contribution in [1.29, 1.82) is 0 Å². The van der Waals surface area contributed by atoms with Crippen molar-refractivity contribution >= 4 is 0 Å². The number of hydrogen-bond acceptors (Lipinski definition) is 4. The highest BCUT2D eigenvalue weighted by atomic mass is 16.5. The fraction of sp³-hybridized carbons (Fsp3) is 0.667. The van der Waals surface area contributed by atoms with Crippen LogP contribution in [-0.2, 0) is 6.42 Å². The summed E-state index contributed by atoms with van der Waals surface area (Å²) >= 11 is 0. The molecule has 0 spiro atoms. The first-order chi connectivity index (χ1) is 9.22. The molecule has 1 aliphatic carbocycles. The minimum absolute atomic E-state index is 0.345. The maximum absolute atomic E-state index is 5.76. The summed E-state index contributed by atoms with van der Waals surface area (Å²) in [4.78, 5) is 4.25. The lowest BCUT2D eigenvalue weighted by Gasteiger charge is -2.33. The lowest BCUT2D eigenvalue weighted by atomic mass is 9.77. The number of ether oxygens (including phenoxy) is 1. The first kappa shape index (κ1) is 14.3. The Kier molecular flexibility index (Phi) is 5.16. The van der Waals surface area contributed by atoms with E-state index in [9.17, 15) is 0 Å². The summed E-state index contributed by atoms with van der Waals surface area (Å²) in [6, 6.07) is 4.33. The molecule has 1 saturated carbocycles. The third-order valence-electron chi connectivity index (χ3n) is 4.22. The molecule has 1 aromatic heterocycles. The molecule has 0 aromatic carbocycles. The lowest BCUT2D eigenvalue weighted by Crippen LogP contribution is -2.44. The third kappa shape index (κ3) is 3.91. The highest BCUT2D eigenvalue weighted by Gasteiger charge is 2.26. The summed E-state index contributed by atoms with van der Waals surface area (Å²) in [7, 11) is 1.63. The van der Waals surface area contributed by atoms with E-state index in [1.807, 2.05) is 12.3 Å². The molecular formula is C15H25N3O. The smallest absolute Gasteiger partial charge is 0.212 e. The van der Waals surface area contributed by atoms with E-state index >= 15 is 0 Å². The van der Waals surface area contributed by atoms with Crippen LogP contribution in [-0.4, -0.2) is 18.1 Å². The molecule has 3 unspecified atom stereocenters. The van der Waals surface area contributed by atoms with Crippen LogP contribution in [0, 0.1) is 11.8 Å². The van der Waals surface area contributed by atoms with E-state index in [0.29, 0.717) is 17.8 Å². The molecule has 0 aliphatic heterocycles. The van der Waals surface area contributed by atoms with Gasteiger partial charge in [0.05, 0.1) is 7.11 Å². The number of hydrazine groups is 1. The predicted octanol–water partition coefficient (Wildman–Crippen LogP) is 2.29. The monoisotopic (exact) mass is 263 g/mol. The largest absolute Gasteiger partial charge is 0.481 e. The second-order valence-corrected chi connectivity index (χ2v) is 5.72. The Labute approximate surface area is 115 Å². The Morgan fingerprint density at radius 2 is 2.32 bits per heavy atom. The molecule has 0 radical (unpaired) electrons. The van der Waals surface area contributed by atoms with Gasteiger partial charge in [0.15, 0.2) is 0 Å². The molecule has 0 saturated heterocycles. The third-order valence-corrected chi connectivity index (χ3v) is 4.22. The van der Waals surface area contributed by atoms with Crippen LogP contribution in [0.5, 0.6) is 5.88 Å². The minimum atomic E-state index is 0.345. The molecule has 1 fully saturated rings. The fourth-order valence-electron chi connectivity index (χ4n) is 3.11. The zero-order chi connectivity index (χ0) is 13.7. The number of nitrogens with zero attached hydrogens (tertiary/aromatic N) is 1. The van der Waals surface area contributed by atoms with Crippen molar-refractivity contribution in [2.45, 2.75) is 45.1 Å². The Morgan fingerprint density at radius 3 is 2.89 bits per heavy atom. The van der Waals surface area contributed by atoms with Crippen LogP contribution in [0.25, 0.3) is 0 Å². The van der Waals surface area contributed by atoms with Crippen LogP contribution < -0.4 is 16.0 Å². The molecule has 0 bridgehead atoms. The van der Waals surface area contributed by atoms with Crippen LogP contribution in [0.15, 0.2) is 18.3 Å². The minimum Gasteiger partial charge on any atom is -0.481 e. The van der Waals surface area contributed by atoms with E-state index in [1.54, 1.807) is 7.11 Å². The maximum atomic E-state index is 5.76. The van der Waals surface area contributed by atoms with Gasteiger partial charge in [-0.3, -0.25) is 11.3 Å². The topological polar surface area (TPSA) is 60.2 Å². The molecule has 3 N–H and O–H groups in total. The molecular weight excluding hydrogens is 238 g/mol. The fourth-order valence-corrected chi connectivity index (χ4v) is 3.11. The maximum Gasteiger partial charge on any atom is 0.212 e. The summed E-state index contributed by atoms with van der Waals surface area (Å²) in [5.74, 6) is 7.92. The number of hydrogen-bond donors (Lipinski definition) is 2. The molecule has 1 aromatic rings. The molecule has 19 heavy (non-hydrogen) atoms. The van der Waals surface area contributed by atoms with Gasteiger partial charge in [0.1, 0.15) is 0 Å². The molecule has 3 atom stereocenters. The normalized spacial score (nSPS) is 25.0.